The number of ether oxygens (including phenoxy) is 1. The summed E-state index contributed by atoms with van der Waals surface area (Å²) in [5.74, 6) is -0.328. The molecule has 2 aromatic rings. The Morgan fingerprint density at radius 1 is 0.966 bits per heavy atom. The van der Waals surface area contributed by atoms with E-state index in [4.69, 9.17) is 4.74 Å². The zero-order chi connectivity index (χ0) is 20.3. The van der Waals surface area contributed by atoms with Gasteiger partial charge in [-0.05, 0) is 90.5 Å². The van der Waals surface area contributed by atoms with E-state index >= 15 is 0 Å². The number of esters is 1. The molecule has 1 saturated carbocycles. The molecule has 0 bridgehead atoms. The van der Waals surface area contributed by atoms with Crippen LogP contribution in [0.4, 0.5) is 0 Å². The Bertz CT molecular complexity index is 940. The summed E-state index contributed by atoms with van der Waals surface area (Å²) in [5, 5.41) is 0. The molecule has 2 aliphatic rings. The van der Waals surface area contributed by atoms with Gasteiger partial charge >= 0.3 is 5.97 Å². The molecule has 0 amide bonds. The molecule has 0 aliphatic heterocycles. The number of hydrogen-bond donors (Lipinski definition) is 0. The van der Waals surface area contributed by atoms with E-state index in [0.29, 0.717) is 5.56 Å². The van der Waals surface area contributed by atoms with Crippen LogP contribution in [-0.2, 0) is 10.2 Å². The van der Waals surface area contributed by atoms with Crippen molar-refractivity contribution in [3.05, 3.63) is 82.6 Å². The highest BCUT2D eigenvalue weighted by Gasteiger charge is 2.31. The molecule has 1 fully saturated rings. The van der Waals surface area contributed by atoms with Crippen molar-refractivity contribution in [3.8, 4) is 0 Å². The van der Waals surface area contributed by atoms with E-state index in [1.807, 2.05) is 24.3 Å². The highest BCUT2D eigenvalue weighted by atomic mass is 16.5. The van der Waals surface area contributed by atoms with Gasteiger partial charge in [-0.3, -0.25) is 0 Å². The summed E-state index contributed by atoms with van der Waals surface area (Å²) < 4.78 is 5.33. The average molecular weight is 387 g/mol. The fraction of sp³-hybridized carbons (Fsp3) is 0.370. The summed E-state index contributed by atoms with van der Waals surface area (Å²) in [6.45, 7) is 4.70. The number of carbonyl (C=O) groups is 1. The van der Waals surface area contributed by atoms with Crippen LogP contribution in [-0.4, -0.2) is 5.97 Å². The summed E-state index contributed by atoms with van der Waals surface area (Å²) in [4.78, 5) is 12.1. The Kier molecular flexibility index (Phi) is 5.71. The van der Waals surface area contributed by atoms with Crippen LogP contribution in [0.2, 0.25) is 0 Å². The lowest BCUT2D eigenvalue weighted by Crippen LogP contribution is -2.24. The zero-order valence-electron chi connectivity index (χ0n) is 17.5. The first-order valence-electron chi connectivity index (χ1n) is 10.8. The van der Waals surface area contributed by atoms with Gasteiger partial charge in [-0.1, -0.05) is 56.2 Å². The van der Waals surface area contributed by atoms with Gasteiger partial charge in [-0.25, -0.2) is 4.79 Å². The molecule has 0 radical (unpaired) electrons. The van der Waals surface area contributed by atoms with E-state index in [2.05, 4.69) is 32.0 Å². The minimum absolute atomic E-state index is 0.204. The second kappa shape index (κ2) is 8.41. The van der Waals surface area contributed by atoms with Crippen molar-refractivity contribution >= 4 is 17.6 Å². The molecule has 0 unspecified atom stereocenters. The average Bonchev–Trinajstić information content (AvgIpc) is 2.75. The van der Waals surface area contributed by atoms with E-state index in [9.17, 15) is 4.79 Å². The van der Waals surface area contributed by atoms with Crippen LogP contribution >= 0.6 is 0 Å². The van der Waals surface area contributed by atoms with Gasteiger partial charge in [0.05, 0.1) is 11.8 Å². The molecular formula is C27H30O2. The molecule has 4 rings (SSSR count). The van der Waals surface area contributed by atoms with Crippen molar-refractivity contribution in [1.29, 1.82) is 0 Å². The summed E-state index contributed by atoms with van der Waals surface area (Å²) in [7, 11) is 0. The van der Waals surface area contributed by atoms with Crippen molar-refractivity contribution in [3.63, 3.8) is 0 Å². The van der Waals surface area contributed by atoms with Crippen molar-refractivity contribution in [2.75, 3.05) is 0 Å². The van der Waals surface area contributed by atoms with Crippen molar-refractivity contribution in [2.45, 2.75) is 64.2 Å². The smallest absolute Gasteiger partial charge is 0.342 e. The van der Waals surface area contributed by atoms with Gasteiger partial charge in [0.15, 0.2) is 0 Å². The van der Waals surface area contributed by atoms with Gasteiger partial charge in [0.1, 0.15) is 0 Å². The lowest BCUT2D eigenvalue weighted by molar-refractivity contribution is 0.0665. The van der Waals surface area contributed by atoms with Gasteiger partial charge in [-0.15, -0.1) is 0 Å². The maximum Gasteiger partial charge on any atom is 0.342 e. The normalized spacial score (nSPS) is 18.6. The van der Waals surface area contributed by atoms with Crippen LogP contribution < -0.4 is 0 Å². The number of rotatable bonds is 3. The lowest BCUT2D eigenvalue weighted by atomic mass is 9.69. The summed E-state index contributed by atoms with van der Waals surface area (Å²) >= 11 is 0. The molecule has 0 spiro atoms. The SMILES string of the molecule is CC1(C)CCC(=C2CCCCC2)c2cc(C=COC(=O)c3ccccc3)ccc21. The van der Waals surface area contributed by atoms with Crippen molar-refractivity contribution in [1.82, 2.24) is 0 Å². The molecule has 2 heteroatoms. The fourth-order valence-electron chi connectivity index (χ4n) is 4.68. The second-order valence-electron chi connectivity index (χ2n) is 8.91. The standard InChI is InChI=1S/C27H30O2/c1-27(2)17-15-23(21-9-5-3-6-10-21)24-19-20(13-14-25(24)27)16-18-29-26(28)22-11-7-4-8-12-22/h4,7-8,11-14,16,18-19H,3,5-6,9-10,15,17H2,1-2H3. The van der Waals surface area contributed by atoms with E-state index in [1.54, 1.807) is 23.3 Å². The van der Waals surface area contributed by atoms with Gasteiger partial charge < -0.3 is 4.74 Å². The van der Waals surface area contributed by atoms with Gasteiger partial charge in [-0.2, -0.15) is 0 Å². The third-order valence-corrected chi connectivity index (χ3v) is 6.43. The predicted molar refractivity (Wildman–Crippen MR) is 120 cm³/mol. The van der Waals surface area contributed by atoms with Gasteiger partial charge in [0.25, 0.3) is 0 Å². The Hall–Kier alpha value is -2.61. The highest BCUT2D eigenvalue weighted by molar-refractivity contribution is 5.90. The summed E-state index contributed by atoms with van der Waals surface area (Å²) in [6.07, 6.45) is 12.3. The maximum atomic E-state index is 12.1. The Labute approximate surface area is 174 Å². The molecule has 2 aliphatic carbocycles. The van der Waals surface area contributed by atoms with Crippen LogP contribution in [0.5, 0.6) is 0 Å². The van der Waals surface area contributed by atoms with Crippen molar-refractivity contribution in [2.24, 2.45) is 0 Å². The fourth-order valence-corrected chi connectivity index (χ4v) is 4.68. The summed E-state index contributed by atoms with van der Waals surface area (Å²) in [5.41, 5.74) is 7.96. The number of hydrogen-bond acceptors (Lipinski definition) is 2. The molecule has 2 nitrogen and oxygen atoms in total. The minimum atomic E-state index is -0.328. The van der Waals surface area contributed by atoms with Crippen LogP contribution in [0.25, 0.3) is 11.6 Å². The van der Waals surface area contributed by atoms with Crippen LogP contribution in [0.15, 0.2) is 60.4 Å². The number of benzene rings is 2. The van der Waals surface area contributed by atoms with Crippen molar-refractivity contribution < 1.29 is 9.53 Å². The van der Waals surface area contributed by atoms with E-state index < -0.39 is 0 Å². The third kappa shape index (κ3) is 4.37. The highest BCUT2D eigenvalue weighted by Crippen LogP contribution is 2.45. The minimum Gasteiger partial charge on any atom is -0.431 e. The molecule has 0 aromatic heterocycles. The first-order valence-corrected chi connectivity index (χ1v) is 10.8. The monoisotopic (exact) mass is 386 g/mol. The maximum absolute atomic E-state index is 12.1. The molecule has 150 valence electrons. The first kappa shape index (κ1) is 19.7. The predicted octanol–water partition coefficient (Wildman–Crippen LogP) is 7.30. The van der Waals surface area contributed by atoms with Crippen LogP contribution in [0.3, 0.4) is 0 Å². The third-order valence-electron chi connectivity index (χ3n) is 6.43. The first-order chi connectivity index (χ1) is 14.0. The Morgan fingerprint density at radius 3 is 2.48 bits per heavy atom. The molecule has 0 saturated heterocycles. The Morgan fingerprint density at radius 2 is 1.72 bits per heavy atom. The van der Waals surface area contributed by atoms with E-state index in [-0.39, 0.29) is 11.4 Å². The topological polar surface area (TPSA) is 26.3 Å². The zero-order valence-corrected chi connectivity index (χ0v) is 17.5. The quantitative estimate of drug-likeness (QED) is 0.408. The second-order valence-corrected chi connectivity index (χ2v) is 8.91. The molecule has 2 aromatic carbocycles. The van der Waals surface area contributed by atoms with Gasteiger partial charge in [0, 0.05) is 0 Å². The molecule has 0 atom stereocenters. The number of allylic oxidation sites excluding steroid dienone is 2. The van der Waals surface area contributed by atoms with E-state index in [1.165, 1.54) is 62.3 Å². The lowest BCUT2D eigenvalue weighted by Gasteiger charge is -2.36. The molecule has 0 N–H and O–H groups in total. The molecular weight excluding hydrogens is 356 g/mol. The summed E-state index contributed by atoms with van der Waals surface area (Å²) in [6, 6.07) is 15.8. The molecule has 29 heavy (non-hydrogen) atoms. The molecule has 0 heterocycles. The van der Waals surface area contributed by atoms with Crippen LogP contribution in [0.1, 0.15) is 85.8 Å². The van der Waals surface area contributed by atoms with Crippen LogP contribution in [0, 0.1) is 0 Å². The number of carbonyl (C=O) groups excluding carboxylic acids is 1. The largest absolute Gasteiger partial charge is 0.431 e. The Balaban J connectivity index is 1.59. The number of fused-ring (bicyclic) bond motifs is 1. The van der Waals surface area contributed by atoms with E-state index in [0.717, 1.165) is 5.56 Å². The van der Waals surface area contributed by atoms with Gasteiger partial charge in [0.2, 0.25) is 0 Å².